The minimum Gasteiger partial charge on any atom is -0.494 e. The van der Waals surface area contributed by atoms with Crippen molar-refractivity contribution in [2.75, 3.05) is 13.7 Å². The van der Waals surface area contributed by atoms with Gasteiger partial charge in [-0.15, -0.1) is 0 Å². The van der Waals surface area contributed by atoms with Gasteiger partial charge < -0.3 is 10.5 Å². The first-order valence-corrected chi connectivity index (χ1v) is 6.74. The van der Waals surface area contributed by atoms with Crippen molar-refractivity contribution in [3.05, 3.63) is 29.6 Å². The molecule has 4 heteroatoms. The molecular weight excluding hydrogens is 245 g/mol. The number of ketones is 1. The lowest BCUT2D eigenvalue weighted by Gasteiger charge is -2.26. The van der Waals surface area contributed by atoms with Crippen molar-refractivity contribution in [1.82, 2.24) is 0 Å². The summed E-state index contributed by atoms with van der Waals surface area (Å²) in [5.41, 5.74) is 5.79. The van der Waals surface area contributed by atoms with Crippen molar-refractivity contribution in [3.8, 4) is 5.75 Å². The van der Waals surface area contributed by atoms with Crippen LogP contribution in [0.15, 0.2) is 18.2 Å². The fraction of sp³-hybridized carbons (Fsp3) is 0.533. The average molecular weight is 265 g/mol. The molecule has 19 heavy (non-hydrogen) atoms. The molecule has 0 bridgehead atoms. The first kappa shape index (κ1) is 14.0. The predicted molar refractivity (Wildman–Crippen MR) is 71.8 cm³/mol. The maximum Gasteiger partial charge on any atom is 0.175 e. The molecule has 1 aromatic rings. The van der Waals surface area contributed by atoms with E-state index in [4.69, 9.17) is 10.5 Å². The van der Waals surface area contributed by atoms with Crippen LogP contribution in [-0.2, 0) is 0 Å². The molecule has 1 saturated carbocycles. The molecule has 0 aliphatic heterocycles. The molecule has 3 nitrogen and oxygen atoms in total. The monoisotopic (exact) mass is 265 g/mol. The third kappa shape index (κ3) is 2.95. The van der Waals surface area contributed by atoms with E-state index in [1.54, 1.807) is 6.07 Å². The Kier molecular flexibility index (Phi) is 4.53. The molecule has 0 saturated heterocycles. The first-order valence-electron chi connectivity index (χ1n) is 6.74. The molecule has 1 aliphatic carbocycles. The third-order valence-corrected chi connectivity index (χ3v) is 4.00. The normalized spacial score (nSPS) is 23.1. The minimum atomic E-state index is -0.545. The number of benzene rings is 1. The second-order valence-corrected chi connectivity index (χ2v) is 5.14. The minimum absolute atomic E-state index is 0.0793. The van der Waals surface area contributed by atoms with Gasteiger partial charge in [0, 0.05) is 5.92 Å². The van der Waals surface area contributed by atoms with Gasteiger partial charge in [0.15, 0.2) is 17.3 Å². The maximum atomic E-state index is 14.1. The van der Waals surface area contributed by atoms with Crippen LogP contribution < -0.4 is 10.5 Å². The summed E-state index contributed by atoms with van der Waals surface area (Å²) in [4.78, 5) is 12.4. The first-order chi connectivity index (χ1) is 9.17. The van der Waals surface area contributed by atoms with E-state index in [-0.39, 0.29) is 23.0 Å². The number of nitrogens with two attached hydrogens (primary N) is 1. The van der Waals surface area contributed by atoms with Crippen molar-refractivity contribution in [2.45, 2.75) is 25.7 Å². The highest BCUT2D eigenvalue weighted by Gasteiger charge is 2.28. The number of halogens is 1. The van der Waals surface area contributed by atoms with Crippen molar-refractivity contribution >= 4 is 5.78 Å². The van der Waals surface area contributed by atoms with Crippen LogP contribution in [0, 0.1) is 17.7 Å². The fourth-order valence-corrected chi connectivity index (χ4v) is 2.74. The lowest BCUT2D eigenvalue weighted by Crippen LogP contribution is -2.26. The summed E-state index contributed by atoms with van der Waals surface area (Å²) in [6, 6.07) is 4.72. The molecule has 0 aromatic heterocycles. The highest BCUT2D eigenvalue weighted by Crippen LogP contribution is 2.32. The van der Waals surface area contributed by atoms with Gasteiger partial charge in [0.25, 0.3) is 0 Å². The van der Waals surface area contributed by atoms with Crippen LogP contribution in [0.2, 0.25) is 0 Å². The Morgan fingerprint density at radius 3 is 2.63 bits per heavy atom. The second-order valence-electron chi connectivity index (χ2n) is 5.14. The molecule has 2 N–H and O–H groups in total. The third-order valence-electron chi connectivity index (χ3n) is 4.00. The van der Waals surface area contributed by atoms with Gasteiger partial charge in [-0.05, 0) is 50.3 Å². The van der Waals surface area contributed by atoms with Gasteiger partial charge in [-0.3, -0.25) is 4.79 Å². The van der Waals surface area contributed by atoms with Gasteiger partial charge in [-0.2, -0.15) is 0 Å². The van der Waals surface area contributed by atoms with Crippen LogP contribution >= 0.6 is 0 Å². The molecule has 1 aromatic carbocycles. The van der Waals surface area contributed by atoms with Crippen molar-refractivity contribution in [2.24, 2.45) is 17.6 Å². The average Bonchev–Trinajstić information content (AvgIpc) is 2.47. The molecule has 1 fully saturated rings. The largest absolute Gasteiger partial charge is 0.494 e. The van der Waals surface area contributed by atoms with Crippen molar-refractivity contribution in [3.63, 3.8) is 0 Å². The molecule has 0 atom stereocenters. The number of Topliss-reactive ketones (excluding diaryl/α,β-unsaturated/α-hetero) is 1. The SMILES string of the molecule is COc1cccc(C(=O)C2CCC(CN)CC2)c1F. The van der Waals surface area contributed by atoms with Gasteiger partial charge in [0.2, 0.25) is 0 Å². The number of ether oxygens (including phenoxy) is 1. The van der Waals surface area contributed by atoms with Gasteiger partial charge in [-0.1, -0.05) is 6.07 Å². The Balaban J connectivity index is 2.12. The van der Waals surface area contributed by atoms with Crippen LogP contribution in [0.3, 0.4) is 0 Å². The summed E-state index contributed by atoms with van der Waals surface area (Å²) in [6.07, 6.45) is 3.52. The lowest BCUT2D eigenvalue weighted by atomic mass is 9.78. The Morgan fingerprint density at radius 2 is 2.05 bits per heavy atom. The Bertz CT molecular complexity index is 453. The van der Waals surface area contributed by atoms with Gasteiger partial charge in [0.05, 0.1) is 12.7 Å². The predicted octanol–water partition coefficient (Wildman–Crippen LogP) is 2.78. The topological polar surface area (TPSA) is 52.3 Å². The summed E-state index contributed by atoms with van der Waals surface area (Å²) >= 11 is 0. The van der Waals surface area contributed by atoms with Crippen LogP contribution in [0.1, 0.15) is 36.0 Å². The van der Waals surface area contributed by atoms with E-state index in [9.17, 15) is 9.18 Å². The zero-order chi connectivity index (χ0) is 13.8. The Hall–Kier alpha value is -1.42. The smallest absolute Gasteiger partial charge is 0.175 e. The number of methoxy groups -OCH3 is 1. The van der Waals surface area contributed by atoms with E-state index in [1.165, 1.54) is 19.2 Å². The molecule has 0 radical (unpaired) electrons. The highest BCUT2D eigenvalue weighted by molar-refractivity contribution is 5.98. The molecule has 0 spiro atoms. The number of hydrogen-bond acceptors (Lipinski definition) is 3. The standard InChI is InChI=1S/C15H20FNO2/c1-19-13-4-2-3-12(14(13)16)15(18)11-7-5-10(9-17)6-8-11/h2-4,10-11H,5-9,17H2,1H3. The molecule has 104 valence electrons. The summed E-state index contributed by atoms with van der Waals surface area (Å²) in [5.74, 6) is -0.0899. The number of hydrogen-bond donors (Lipinski definition) is 1. The Morgan fingerprint density at radius 1 is 1.37 bits per heavy atom. The number of carbonyl (C=O) groups is 1. The Labute approximate surface area is 112 Å². The molecule has 2 rings (SSSR count). The highest BCUT2D eigenvalue weighted by atomic mass is 19.1. The molecule has 0 amide bonds. The van der Waals surface area contributed by atoms with Crippen molar-refractivity contribution < 1.29 is 13.9 Å². The quantitative estimate of drug-likeness (QED) is 0.852. The molecule has 1 aliphatic rings. The van der Waals surface area contributed by atoms with Gasteiger partial charge in [-0.25, -0.2) is 4.39 Å². The zero-order valence-electron chi connectivity index (χ0n) is 11.2. The summed E-state index contributed by atoms with van der Waals surface area (Å²) in [7, 11) is 1.40. The van der Waals surface area contributed by atoms with Gasteiger partial charge >= 0.3 is 0 Å². The van der Waals surface area contributed by atoms with E-state index < -0.39 is 5.82 Å². The summed E-state index contributed by atoms with van der Waals surface area (Å²) in [5, 5.41) is 0. The van der Waals surface area contributed by atoms with E-state index in [1.807, 2.05) is 0 Å². The lowest BCUT2D eigenvalue weighted by molar-refractivity contribution is 0.0868. The van der Waals surface area contributed by atoms with E-state index in [0.29, 0.717) is 12.5 Å². The fourth-order valence-electron chi connectivity index (χ4n) is 2.74. The van der Waals surface area contributed by atoms with Crippen molar-refractivity contribution in [1.29, 1.82) is 0 Å². The second kappa shape index (κ2) is 6.15. The number of rotatable bonds is 4. The van der Waals surface area contributed by atoms with E-state index in [2.05, 4.69) is 0 Å². The van der Waals surface area contributed by atoms with Crippen LogP contribution in [0.5, 0.6) is 5.75 Å². The summed E-state index contributed by atoms with van der Waals surface area (Å²) in [6.45, 7) is 0.675. The molecule has 0 unspecified atom stereocenters. The maximum absolute atomic E-state index is 14.1. The van der Waals surface area contributed by atoms with E-state index >= 15 is 0 Å². The zero-order valence-corrected chi connectivity index (χ0v) is 11.2. The van der Waals surface area contributed by atoms with Crippen LogP contribution in [-0.4, -0.2) is 19.4 Å². The number of carbonyl (C=O) groups excluding carboxylic acids is 1. The van der Waals surface area contributed by atoms with Crippen LogP contribution in [0.4, 0.5) is 4.39 Å². The molecule has 0 heterocycles. The van der Waals surface area contributed by atoms with Gasteiger partial charge in [0.1, 0.15) is 0 Å². The molecular formula is C15H20FNO2. The van der Waals surface area contributed by atoms with E-state index in [0.717, 1.165) is 25.7 Å². The summed E-state index contributed by atoms with van der Waals surface area (Å²) < 4.78 is 19.0. The van der Waals surface area contributed by atoms with Crippen LogP contribution in [0.25, 0.3) is 0 Å².